The third-order valence-electron chi connectivity index (χ3n) is 4.74. The van der Waals surface area contributed by atoms with E-state index in [-0.39, 0.29) is 34.5 Å². The van der Waals surface area contributed by atoms with Gasteiger partial charge in [0.15, 0.2) is 0 Å². The Bertz CT molecular complexity index is 1220. The van der Waals surface area contributed by atoms with Crippen molar-refractivity contribution in [2.45, 2.75) is 17.9 Å². The molecule has 1 N–H and O–H groups in total. The Balaban J connectivity index is 2.03. The molecule has 13 heteroatoms. The van der Waals surface area contributed by atoms with Crippen molar-refractivity contribution in [3.8, 4) is 11.5 Å². The summed E-state index contributed by atoms with van der Waals surface area (Å²) in [5.74, 6) is 0.113. The lowest BCUT2D eigenvalue weighted by Crippen LogP contribution is -2.48. The van der Waals surface area contributed by atoms with Crippen LogP contribution in [-0.2, 0) is 24.8 Å². The van der Waals surface area contributed by atoms with E-state index in [9.17, 15) is 21.6 Å². The fraction of sp³-hybridized carbons (Fsp3) is 0.381. The molecule has 1 atom stereocenters. The van der Waals surface area contributed by atoms with Gasteiger partial charge in [0.05, 0.1) is 30.5 Å². The van der Waals surface area contributed by atoms with Crippen LogP contribution in [0.3, 0.4) is 0 Å². The zero-order valence-electron chi connectivity index (χ0n) is 19.5. The monoisotopic (exact) mass is 533 g/mol. The summed E-state index contributed by atoms with van der Waals surface area (Å²) in [5, 5.41) is 2.92. The molecule has 2 aromatic carbocycles. The summed E-state index contributed by atoms with van der Waals surface area (Å²) < 4.78 is 62.0. The lowest BCUT2D eigenvalue weighted by Gasteiger charge is -2.29. The van der Waals surface area contributed by atoms with Crippen molar-refractivity contribution < 1.29 is 31.1 Å². The molecular formula is C21H28ClN3O7S2. The number of carbonyl (C=O) groups excluding carboxylic acids is 1. The SMILES string of the molecule is COc1ccc(Cl)cc1N([C@@H](C)C(=O)NCCOc1ccc(S(=O)(=O)N(C)C)cc1)S(C)(=O)=O. The molecular weight excluding hydrogens is 506 g/mol. The van der Waals surface area contributed by atoms with E-state index in [4.69, 9.17) is 21.1 Å². The van der Waals surface area contributed by atoms with Crippen molar-refractivity contribution in [2.75, 3.05) is 44.9 Å². The molecule has 2 aromatic rings. The second kappa shape index (κ2) is 11.3. The van der Waals surface area contributed by atoms with Gasteiger partial charge in [0.1, 0.15) is 24.1 Å². The number of hydrogen-bond donors (Lipinski definition) is 1. The van der Waals surface area contributed by atoms with Gasteiger partial charge in [-0.1, -0.05) is 11.6 Å². The standard InChI is InChI=1S/C21H28ClN3O7S2/c1-15(25(33(5,27)28)19-14-16(22)6-11-20(19)31-4)21(26)23-12-13-32-17-7-9-18(10-8-17)34(29,30)24(2)3/h6-11,14-15H,12-13H2,1-5H3,(H,23,26)/t15-/m0/s1. The number of amides is 1. The largest absolute Gasteiger partial charge is 0.495 e. The first kappa shape index (κ1) is 27.7. The van der Waals surface area contributed by atoms with Gasteiger partial charge >= 0.3 is 0 Å². The van der Waals surface area contributed by atoms with Gasteiger partial charge in [0.2, 0.25) is 26.0 Å². The minimum atomic E-state index is -3.86. The summed E-state index contributed by atoms with van der Waals surface area (Å²) in [6.07, 6.45) is 0.987. The summed E-state index contributed by atoms with van der Waals surface area (Å²) in [6, 6.07) is 9.25. The van der Waals surface area contributed by atoms with Crippen LogP contribution in [0.2, 0.25) is 5.02 Å². The molecule has 0 saturated carbocycles. The summed E-state index contributed by atoms with van der Waals surface area (Å²) in [6.45, 7) is 1.62. The van der Waals surface area contributed by atoms with Gasteiger partial charge in [-0.3, -0.25) is 9.10 Å². The third kappa shape index (κ3) is 6.75. The van der Waals surface area contributed by atoms with Crippen LogP contribution in [0, 0.1) is 0 Å². The van der Waals surface area contributed by atoms with Gasteiger partial charge in [-0.05, 0) is 49.4 Å². The zero-order chi connectivity index (χ0) is 25.7. The molecule has 0 fully saturated rings. The first-order chi connectivity index (χ1) is 15.8. The van der Waals surface area contributed by atoms with Crippen LogP contribution in [0.5, 0.6) is 11.5 Å². The number of nitrogens with zero attached hydrogens (tertiary/aromatic N) is 2. The van der Waals surface area contributed by atoms with Gasteiger partial charge in [-0.25, -0.2) is 21.1 Å². The number of benzene rings is 2. The van der Waals surface area contributed by atoms with E-state index in [1.807, 2.05) is 0 Å². The van der Waals surface area contributed by atoms with Crippen molar-refractivity contribution in [3.63, 3.8) is 0 Å². The lowest BCUT2D eigenvalue weighted by molar-refractivity contribution is -0.121. The number of sulfonamides is 2. The smallest absolute Gasteiger partial charge is 0.243 e. The van der Waals surface area contributed by atoms with Gasteiger partial charge in [-0.15, -0.1) is 0 Å². The average Bonchev–Trinajstić information content (AvgIpc) is 2.76. The Kier molecular flexibility index (Phi) is 9.17. The molecule has 34 heavy (non-hydrogen) atoms. The number of ether oxygens (including phenoxy) is 2. The molecule has 0 aliphatic heterocycles. The van der Waals surface area contributed by atoms with Crippen LogP contribution in [-0.4, -0.2) is 73.7 Å². The molecule has 0 aliphatic carbocycles. The van der Waals surface area contributed by atoms with Gasteiger partial charge < -0.3 is 14.8 Å². The number of anilines is 1. The van der Waals surface area contributed by atoms with Crippen LogP contribution < -0.4 is 19.1 Å². The average molecular weight is 534 g/mol. The molecule has 2 rings (SSSR count). The van der Waals surface area contributed by atoms with E-state index in [0.717, 1.165) is 14.9 Å². The number of methoxy groups -OCH3 is 1. The Morgan fingerprint density at radius 2 is 1.71 bits per heavy atom. The number of nitrogens with one attached hydrogen (secondary N) is 1. The number of carbonyl (C=O) groups is 1. The highest BCUT2D eigenvalue weighted by atomic mass is 35.5. The Morgan fingerprint density at radius 1 is 1.09 bits per heavy atom. The van der Waals surface area contributed by atoms with E-state index >= 15 is 0 Å². The van der Waals surface area contributed by atoms with E-state index in [1.165, 1.54) is 64.5 Å². The van der Waals surface area contributed by atoms with Crippen molar-refractivity contribution in [1.82, 2.24) is 9.62 Å². The summed E-state index contributed by atoms with van der Waals surface area (Å²) in [4.78, 5) is 12.8. The summed E-state index contributed by atoms with van der Waals surface area (Å²) in [5.41, 5.74) is 0.143. The van der Waals surface area contributed by atoms with Crippen molar-refractivity contribution in [3.05, 3.63) is 47.5 Å². The molecule has 0 aromatic heterocycles. The molecule has 0 radical (unpaired) electrons. The second-order valence-electron chi connectivity index (χ2n) is 7.45. The Hall–Kier alpha value is -2.54. The normalized spacial score (nSPS) is 12.8. The van der Waals surface area contributed by atoms with Gasteiger partial charge in [-0.2, -0.15) is 0 Å². The fourth-order valence-electron chi connectivity index (χ4n) is 3.03. The molecule has 0 unspecified atom stereocenters. The molecule has 0 bridgehead atoms. The molecule has 0 spiro atoms. The molecule has 0 heterocycles. The maximum Gasteiger partial charge on any atom is 0.243 e. The van der Waals surface area contributed by atoms with Crippen LogP contribution in [0.25, 0.3) is 0 Å². The van der Waals surface area contributed by atoms with Gasteiger partial charge in [0.25, 0.3) is 0 Å². The molecule has 0 aliphatic rings. The first-order valence-electron chi connectivity index (χ1n) is 10.0. The maximum atomic E-state index is 12.7. The number of hydrogen-bond acceptors (Lipinski definition) is 7. The highest BCUT2D eigenvalue weighted by Crippen LogP contribution is 2.34. The minimum absolute atomic E-state index is 0.0810. The van der Waals surface area contributed by atoms with Gasteiger partial charge in [0, 0.05) is 19.1 Å². The van der Waals surface area contributed by atoms with Crippen molar-refractivity contribution in [2.24, 2.45) is 0 Å². The molecule has 10 nitrogen and oxygen atoms in total. The van der Waals surface area contributed by atoms with E-state index in [1.54, 1.807) is 6.07 Å². The van der Waals surface area contributed by atoms with Crippen LogP contribution in [0.15, 0.2) is 47.4 Å². The van der Waals surface area contributed by atoms with E-state index in [0.29, 0.717) is 5.75 Å². The minimum Gasteiger partial charge on any atom is -0.495 e. The number of rotatable bonds is 11. The molecule has 0 saturated heterocycles. The predicted molar refractivity (Wildman–Crippen MR) is 131 cm³/mol. The number of halogens is 1. The summed E-state index contributed by atoms with van der Waals surface area (Å²) >= 11 is 6.03. The van der Waals surface area contributed by atoms with Crippen LogP contribution in [0.4, 0.5) is 5.69 Å². The first-order valence-corrected chi connectivity index (χ1v) is 13.7. The van der Waals surface area contributed by atoms with E-state index < -0.39 is 32.0 Å². The fourth-order valence-corrected chi connectivity index (χ4v) is 5.26. The summed E-state index contributed by atoms with van der Waals surface area (Å²) in [7, 11) is -3.13. The van der Waals surface area contributed by atoms with Crippen molar-refractivity contribution in [1.29, 1.82) is 0 Å². The topological polar surface area (TPSA) is 122 Å². The molecule has 1 amide bonds. The van der Waals surface area contributed by atoms with Crippen LogP contribution >= 0.6 is 11.6 Å². The van der Waals surface area contributed by atoms with Crippen LogP contribution in [0.1, 0.15) is 6.92 Å². The Labute approximate surface area is 205 Å². The maximum absolute atomic E-state index is 12.7. The Morgan fingerprint density at radius 3 is 2.24 bits per heavy atom. The quantitative estimate of drug-likeness (QED) is 0.438. The highest BCUT2D eigenvalue weighted by molar-refractivity contribution is 7.92. The highest BCUT2D eigenvalue weighted by Gasteiger charge is 2.31. The van der Waals surface area contributed by atoms with E-state index in [2.05, 4.69) is 5.32 Å². The molecule has 188 valence electrons. The lowest BCUT2D eigenvalue weighted by atomic mass is 10.2. The van der Waals surface area contributed by atoms with Crippen molar-refractivity contribution >= 4 is 43.2 Å². The second-order valence-corrected chi connectivity index (χ2v) is 11.9. The zero-order valence-corrected chi connectivity index (χ0v) is 21.9. The third-order valence-corrected chi connectivity index (χ3v) is 8.03. The predicted octanol–water partition coefficient (Wildman–Crippen LogP) is 1.95.